The number of rotatable bonds is 3. The van der Waals surface area contributed by atoms with E-state index in [4.69, 9.17) is 23.2 Å². The van der Waals surface area contributed by atoms with Crippen molar-refractivity contribution in [3.63, 3.8) is 0 Å². The molecule has 0 amide bonds. The summed E-state index contributed by atoms with van der Waals surface area (Å²) in [7, 11) is 0. The summed E-state index contributed by atoms with van der Waals surface area (Å²) in [4.78, 5) is 8.48. The highest BCUT2D eigenvalue weighted by Gasteiger charge is 2.16. The molecule has 0 bridgehead atoms. The molecule has 0 N–H and O–H groups in total. The standard InChI is InChI=1S/C20H15Cl2N3/c1-13-6-5-9-15(10-13)17-11-16-18(19(21)24-20(22)23-16)25(17)12-14-7-3-2-4-8-14/h2-11H,12H2,1H3. The Labute approximate surface area is 155 Å². The van der Waals surface area contributed by atoms with Gasteiger partial charge in [0.25, 0.3) is 0 Å². The summed E-state index contributed by atoms with van der Waals surface area (Å²) in [5.74, 6) is 0. The van der Waals surface area contributed by atoms with E-state index in [1.165, 1.54) is 11.1 Å². The summed E-state index contributed by atoms with van der Waals surface area (Å²) in [5.41, 5.74) is 6.08. The summed E-state index contributed by atoms with van der Waals surface area (Å²) in [5, 5.41) is 0.523. The van der Waals surface area contributed by atoms with E-state index in [9.17, 15) is 0 Å². The average Bonchev–Trinajstić information content (AvgIpc) is 2.94. The molecule has 0 saturated carbocycles. The molecule has 0 atom stereocenters. The van der Waals surface area contributed by atoms with Gasteiger partial charge in [0.05, 0.1) is 11.2 Å². The molecule has 0 fully saturated rings. The van der Waals surface area contributed by atoms with E-state index < -0.39 is 0 Å². The van der Waals surface area contributed by atoms with Gasteiger partial charge in [0.1, 0.15) is 5.52 Å². The lowest BCUT2D eigenvalue weighted by Crippen LogP contribution is -2.03. The van der Waals surface area contributed by atoms with Crippen LogP contribution >= 0.6 is 23.2 Å². The first-order valence-electron chi connectivity index (χ1n) is 7.95. The minimum absolute atomic E-state index is 0.158. The van der Waals surface area contributed by atoms with Crippen molar-refractivity contribution in [2.75, 3.05) is 0 Å². The monoisotopic (exact) mass is 367 g/mol. The van der Waals surface area contributed by atoms with Gasteiger partial charge in [-0.3, -0.25) is 0 Å². The number of halogens is 2. The third kappa shape index (κ3) is 3.13. The van der Waals surface area contributed by atoms with Crippen molar-refractivity contribution in [3.8, 4) is 11.3 Å². The Morgan fingerprint density at radius 1 is 0.920 bits per heavy atom. The molecule has 4 rings (SSSR count). The van der Waals surface area contributed by atoms with Gasteiger partial charge >= 0.3 is 0 Å². The molecule has 124 valence electrons. The molecule has 0 aliphatic carbocycles. The average molecular weight is 368 g/mol. The molecular weight excluding hydrogens is 353 g/mol. The molecule has 25 heavy (non-hydrogen) atoms. The second-order valence-electron chi connectivity index (χ2n) is 5.99. The maximum absolute atomic E-state index is 6.41. The molecule has 0 radical (unpaired) electrons. The van der Waals surface area contributed by atoms with Gasteiger partial charge in [-0.25, -0.2) is 9.97 Å². The van der Waals surface area contributed by atoms with E-state index in [0.717, 1.165) is 22.3 Å². The van der Waals surface area contributed by atoms with Crippen LogP contribution in [-0.4, -0.2) is 14.5 Å². The van der Waals surface area contributed by atoms with Crippen LogP contribution in [0.15, 0.2) is 60.7 Å². The first-order valence-corrected chi connectivity index (χ1v) is 8.70. The third-order valence-electron chi connectivity index (χ3n) is 4.17. The van der Waals surface area contributed by atoms with Gasteiger partial charge in [-0.2, -0.15) is 0 Å². The van der Waals surface area contributed by atoms with Gasteiger partial charge in [0.2, 0.25) is 5.28 Å². The quantitative estimate of drug-likeness (QED) is 0.340. The van der Waals surface area contributed by atoms with Gasteiger partial charge in [0.15, 0.2) is 5.15 Å². The fourth-order valence-electron chi connectivity index (χ4n) is 3.07. The van der Waals surface area contributed by atoms with Crippen molar-refractivity contribution in [1.29, 1.82) is 0 Å². The summed E-state index contributed by atoms with van der Waals surface area (Å²) >= 11 is 12.4. The fourth-order valence-corrected chi connectivity index (χ4v) is 3.57. The smallest absolute Gasteiger partial charge is 0.224 e. The lowest BCUT2D eigenvalue weighted by atomic mass is 10.1. The highest BCUT2D eigenvalue weighted by atomic mass is 35.5. The fraction of sp³-hybridized carbons (Fsp3) is 0.100. The maximum Gasteiger partial charge on any atom is 0.224 e. The van der Waals surface area contributed by atoms with Gasteiger partial charge in [0, 0.05) is 6.54 Å². The van der Waals surface area contributed by atoms with E-state index in [-0.39, 0.29) is 5.28 Å². The number of hydrogen-bond acceptors (Lipinski definition) is 2. The van der Waals surface area contributed by atoms with Gasteiger partial charge < -0.3 is 4.57 Å². The van der Waals surface area contributed by atoms with Crippen LogP contribution in [0.2, 0.25) is 10.4 Å². The number of nitrogens with zero attached hydrogens (tertiary/aromatic N) is 3. The summed E-state index contributed by atoms with van der Waals surface area (Å²) < 4.78 is 2.15. The van der Waals surface area contributed by atoms with E-state index in [1.807, 2.05) is 24.3 Å². The molecule has 0 aliphatic heterocycles. The lowest BCUT2D eigenvalue weighted by Gasteiger charge is -2.12. The third-order valence-corrected chi connectivity index (χ3v) is 4.61. The molecular formula is C20H15Cl2N3. The van der Waals surface area contributed by atoms with Crippen molar-refractivity contribution in [2.45, 2.75) is 13.5 Å². The molecule has 0 unspecified atom stereocenters. The van der Waals surface area contributed by atoms with E-state index >= 15 is 0 Å². The van der Waals surface area contributed by atoms with Crippen LogP contribution in [0.1, 0.15) is 11.1 Å². The molecule has 4 aromatic rings. The zero-order valence-electron chi connectivity index (χ0n) is 13.6. The van der Waals surface area contributed by atoms with Crippen LogP contribution in [0.3, 0.4) is 0 Å². The predicted molar refractivity (Wildman–Crippen MR) is 103 cm³/mol. The Kier molecular flexibility index (Phi) is 4.20. The summed E-state index contributed by atoms with van der Waals surface area (Å²) in [6, 6.07) is 20.6. The molecule has 3 nitrogen and oxygen atoms in total. The van der Waals surface area contributed by atoms with Crippen LogP contribution in [0.25, 0.3) is 22.3 Å². The minimum Gasteiger partial charge on any atom is -0.332 e. The van der Waals surface area contributed by atoms with Crippen LogP contribution < -0.4 is 0 Å². The topological polar surface area (TPSA) is 30.7 Å². The van der Waals surface area contributed by atoms with Gasteiger partial charge in [-0.15, -0.1) is 0 Å². The van der Waals surface area contributed by atoms with Crippen molar-refractivity contribution in [3.05, 3.63) is 82.2 Å². The number of benzene rings is 2. The molecule has 5 heteroatoms. The Hall–Kier alpha value is -2.36. The van der Waals surface area contributed by atoms with Crippen LogP contribution in [0, 0.1) is 6.92 Å². The van der Waals surface area contributed by atoms with Crippen molar-refractivity contribution in [2.24, 2.45) is 0 Å². The van der Waals surface area contributed by atoms with Gasteiger partial charge in [-0.05, 0) is 41.8 Å². The second-order valence-corrected chi connectivity index (χ2v) is 6.68. The Morgan fingerprint density at radius 3 is 2.48 bits per heavy atom. The first kappa shape index (κ1) is 16.1. The van der Waals surface area contributed by atoms with E-state index in [0.29, 0.717) is 11.7 Å². The zero-order valence-corrected chi connectivity index (χ0v) is 15.1. The highest BCUT2D eigenvalue weighted by molar-refractivity contribution is 6.35. The maximum atomic E-state index is 6.41. The SMILES string of the molecule is Cc1cccc(-c2cc3nc(Cl)nc(Cl)c3n2Cc2ccccc2)c1. The van der Waals surface area contributed by atoms with Gasteiger partial charge in [-0.1, -0.05) is 65.7 Å². The minimum atomic E-state index is 0.158. The van der Waals surface area contributed by atoms with Crippen LogP contribution in [0.5, 0.6) is 0 Å². The molecule has 2 aromatic heterocycles. The summed E-state index contributed by atoms with van der Waals surface area (Å²) in [6.45, 7) is 2.76. The number of aryl methyl sites for hydroxylation is 1. The lowest BCUT2D eigenvalue weighted by molar-refractivity contribution is 0.842. The molecule has 0 aliphatic rings. The van der Waals surface area contributed by atoms with Crippen molar-refractivity contribution >= 4 is 34.2 Å². The molecule has 2 heterocycles. The Bertz CT molecular complexity index is 1060. The van der Waals surface area contributed by atoms with E-state index in [2.05, 4.69) is 57.9 Å². The van der Waals surface area contributed by atoms with Crippen molar-refractivity contribution < 1.29 is 0 Å². The first-order chi connectivity index (χ1) is 12.1. The summed E-state index contributed by atoms with van der Waals surface area (Å²) in [6.07, 6.45) is 0. The number of aromatic nitrogens is 3. The Balaban J connectivity index is 1.98. The highest BCUT2D eigenvalue weighted by Crippen LogP contribution is 2.32. The zero-order chi connectivity index (χ0) is 17.4. The molecule has 0 spiro atoms. The Morgan fingerprint density at radius 2 is 1.72 bits per heavy atom. The van der Waals surface area contributed by atoms with Crippen molar-refractivity contribution in [1.82, 2.24) is 14.5 Å². The second kappa shape index (κ2) is 6.51. The van der Waals surface area contributed by atoms with Crippen LogP contribution in [0.4, 0.5) is 0 Å². The van der Waals surface area contributed by atoms with Crippen LogP contribution in [-0.2, 0) is 6.54 Å². The number of hydrogen-bond donors (Lipinski definition) is 0. The number of fused-ring (bicyclic) bond motifs is 1. The predicted octanol–water partition coefficient (Wildman–Crippen LogP) is 5.76. The largest absolute Gasteiger partial charge is 0.332 e. The normalized spacial score (nSPS) is 11.2. The molecule has 0 saturated heterocycles. The molecule has 2 aromatic carbocycles. The van der Waals surface area contributed by atoms with E-state index in [1.54, 1.807) is 0 Å².